The highest BCUT2D eigenvalue weighted by molar-refractivity contribution is 9.10. The van der Waals surface area contributed by atoms with Crippen LogP contribution in [0.25, 0.3) is 11.3 Å². The number of halogens is 2. The Morgan fingerprint density at radius 2 is 2.00 bits per heavy atom. The predicted octanol–water partition coefficient (Wildman–Crippen LogP) is 5.97. The summed E-state index contributed by atoms with van der Waals surface area (Å²) in [6, 6.07) is 15.0. The Morgan fingerprint density at radius 1 is 1.21 bits per heavy atom. The minimum atomic E-state index is -0.202. The number of thiazole rings is 1. The number of likely N-dealkylation sites (tertiary alicyclic amines) is 1. The van der Waals surface area contributed by atoms with Gasteiger partial charge in [0.25, 0.3) is 0 Å². The van der Waals surface area contributed by atoms with Crippen molar-refractivity contribution in [2.45, 2.75) is 25.3 Å². The zero-order chi connectivity index (χ0) is 20.2. The summed E-state index contributed by atoms with van der Waals surface area (Å²) in [5.41, 5.74) is 2.81. The topological polar surface area (TPSA) is 28.2 Å². The molecule has 7 heteroatoms. The van der Waals surface area contributed by atoms with Gasteiger partial charge in [0.05, 0.1) is 10.7 Å². The molecule has 0 atom stereocenters. The Morgan fingerprint density at radius 3 is 2.76 bits per heavy atom. The van der Waals surface area contributed by atoms with E-state index in [9.17, 15) is 4.39 Å². The van der Waals surface area contributed by atoms with E-state index in [1.807, 2.05) is 18.2 Å². The number of rotatable bonds is 4. The van der Waals surface area contributed by atoms with E-state index in [1.54, 1.807) is 23.5 Å². The number of nitrogens with one attached hydrogen (secondary N) is 1. The molecule has 2 aromatic carbocycles. The summed E-state index contributed by atoms with van der Waals surface area (Å²) < 4.78 is 14.8. The molecule has 2 heterocycles. The van der Waals surface area contributed by atoms with Crippen LogP contribution in [0.1, 0.15) is 29.3 Å². The molecule has 1 aromatic heterocycles. The van der Waals surface area contributed by atoms with Crippen molar-refractivity contribution in [3.63, 3.8) is 0 Å². The molecule has 29 heavy (non-hydrogen) atoms. The first kappa shape index (κ1) is 20.4. The van der Waals surface area contributed by atoms with Crippen molar-refractivity contribution in [1.82, 2.24) is 15.2 Å². The maximum absolute atomic E-state index is 13.8. The van der Waals surface area contributed by atoms with Crippen LogP contribution in [0.2, 0.25) is 0 Å². The number of benzene rings is 2. The normalized spacial score (nSPS) is 14.8. The maximum Gasteiger partial charge on any atom is 0.169 e. The molecule has 1 aliphatic rings. The van der Waals surface area contributed by atoms with Crippen molar-refractivity contribution in [2.75, 3.05) is 13.1 Å². The van der Waals surface area contributed by atoms with Gasteiger partial charge in [-0.15, -0.1) is 11.3 Å². The van der Waals surface area contributed by atoms with Crippen LogP contribution in [0, 0.1) is 5.82 Å². The highest BCUT2D eigenvalue weighted by Crippen LogP contribution is 2.33. The van der Waals surface area contributed by atoms with Crippen LogP contribution < -0.4 is 5.32 Å². The van der Waals surface area contributed by atoms with Crippen LogP contribution in [0.15, 0.2) is 58.4 Å². The fourth-order valence-corrected chi connectivity index (χ4v) is 5.16. The number of nitrogens with zero attached hydrogens (tertiary/aromatic N) is 2. The highest BCUT2D eigenvalue weighted by atomic mass is 79.9. The van der Waals surface area contributed by atoms with Crippen LogP contribution in [0.4, 0.5) is 4.39 Å². The summed E-state index contributed by atoms with van der Waals surface area (Å²) in [6.07, 6.45) is 2.04. The molecule has 1 fully saturated rings. The quantitative estimate of drug-likeness (QED) is 0.457. The van der Waals surface area contributed by atoms with E-state index in [0.29, 0.717) is 23.1 Å². The molecule has 1 saturated heterocycles. The Hall–Kier alpha value is -1.83. The Bertz CT molecular complexity index is 999. The van der Waals surface area contributed by atoms with Gasteiger partial charge in [-0.3, -0.25) is 0 Å². The maximum atomic E-state index is 13.8. The van der Waals surface area contributed by atoms with E-state index in [0.717, 1.165) is 41.7 Å². The van der Waals surface area contributed by atoms with Crippen molar-refractivity contribution in [3.8, 4) is 11.3 Å². The third-order valence-corrected chi connectivity index (χ3v) is 7.06. The van der Waals surface area contributed by atoms with Gasteiger partial charge in [-0.2, -0.15) is 0 Å². The molecule has 0 bridgehead atoms. The number of hydrogen-bond acceptors (Lipinski definition) is 3. The van der Waals surface area contributed by atoms with Gasteiger partial charge in [-0.05, 0) is 43.3 Å². The average molecular weight is 490 g/mol. The Balaban J connectivity index is 1.31. The molecule has 0 spiro atoms. The smallest absolute Gasteiger partial charge is 0.169 e. The van der Waals surface area contributed by atoms with Crippen molar-refractivity contribution in [2.24, 2.45) is 0 Å². The van der Waals surface area contributed by atoms with E-state index in [1.165, 1.54) is 11.1 Å². The van der Waals surface area contributed by atoms with Crippen LogP contribution in [-0.2, 0) is 6.54 Å². The summed E-state index contributed by atoms with van der Waals surface area (Å²) in [5.74, 6) is 0.262. The second kappa shape index (κ2) is 9.32. The molecule has 1 N–H and O–H groups in total. The zero-order valence-electron chi connectivity index (χ0n) is 15.8. The first-order valence-electron chi connectivity index (χ1n) is 9.57. The molecule has 150 valence electrons. The van der Waals surface area contributed by atoms with Crippen molar-refractivity contribution in [3.05, 3.63) is 74.8 Å². The molecule has 0 unspecified atom stereocenters. The average Bonchev–Trinajstić information content (AvgIpc) is 3.23. The van der Waals surface area contributed by atoms with Gasteiger partial charge in [0.1, 0.15) is 5.82 Å². The molecule has 4 rings (SSSR count). The standard InChI is InChI=1S/C22H21BrFN3S2/c23-18-6-3-5-16(12-18)20-14-29-21(26-20)15-8-10-27(11-9-15)22(28)25-13-17-4-1-2-7-19(17)24/h1-7,12,14-15H,8-11,13H2,(H,25,28). The fourth-order valence-electron chi connectivity index (χ4n) is 3.51. The lowest BCUT2D eigenvalue weighted by Crippen LogP contribution is -2.43. The van der Waals surface area contributed by atoms with Crippen LogP contribution in [-0.4, -0.2) is 28.1 Å². The van der Waals surface area contributed by atoms with Gasteiger partial charge >= 0.3 is 0 Å². The summed E-state index contributed by atoms with van der Waals surface area (Å²) in [4.78, 5) is 7.07. The molecule has 0 aliphatic carbocycles. The molecule has 1 aliphatic heterocycles. The van der Waals surface area contributed by atoms with Gasteiger partial charge < -0.3 is 10.2 Å². The van der Waals surface area contributed by atoms with Crippen LogP contribution in [0.5, 0.6) is 0 Å². The number of hydrogen-bond donors (Lipinski definition) is 1. The first-order valence-corrected chi connectivity index (χ1v) is 11.7. The molecular weight excluding hydrogens is 469 g/mol. The summed E-state index contributed by atoms with van der Waals surface area (Å²) in [5, 5.41) is 7.23. The second-order valence-electron chi connectivity index (χ2n) is 7.09. The fraction of sp³-hybridized carbons (Fsp3) is 0.273. The van der Waals surface area contributed by atoms with E-state index >= 15 is 0 Å². The minimum Gasteiger partial charge on any atom is -0.358 e. The summed E-state index contributed by atoms with van der Waals surface area (Å²) >= 11 is 10.8. The van der Waals surface area contributed by atoms with E-state index in [2.05, 4.69) is 43.7 Å². The van der Waals surface area contributed by atoms with Gasteiger partial charge in [-0.25, -0.2) is 9.37 Å². The SMILES string of the molecule is Fc1ccccc1CNC(=S)N1CCC(c2nc(-c3cccc(Br)c3)cs2)CC1. The van der Waals surface area contributed by atoms with Crippen LogP contribution >= 0.6 is 39.5 Å². The lowest BCUT2D eigenvalue weighted by atomic mass is 9.98. The second-order valence-corrected chi connectivity index (χ2v) is 9.28. The predicted molar refractivity (Wildman–Crippen MR) is 125 cm³/mol. The molecule has 3 nitrogen and oxygen atoms in total. The lowest BCUT2D eigenvalue weighted by Gasteiger charge is -2.33. The number of piperidine rings is 1. The first-order chi connectivity index (χ1) is 14.1. The Labute approximate surface area is 188 Å². The van der Waals surface area contributed by atoms with E-state index in [4.69, 9.17) is 17.2 Å². The summed E-state index contributed by atoms with van der Waals surface area (Å²) in [6.45, 7) is 2.19. The van der Waals surface area contributed by atoms with E-state index in [-0.39, 0.29) is 5.82 Å². The molecule has 3 aromatic rings. The molecule has 0 radical (unpaired) electrons. The zero-order valence-corrected chi connectivity index (χ0v) is 19.0. The molecule has 0 saturated carbocycles. The molecule has 0 amide bonds. The van der Waals surface area contributed by atoms with Gasteiger partial charge in [0, 0.05) is 46.5 Å². The largest absolute Gasteiger partial charge is 0.358 e. The van der Waals surface area contributed by atoms with Crippen LogP contribution in [0.3, 0.4) is 0 Å². The van der Waals surface area contributed by atoms with E-state index < -0.39 is 0 Å². The minimum absolute atomic E-state index is 0.202. The number of aromatic nitrogens is 1. The van der Waals surface area contributed by atoms with Gasteiger partial charge in [-0.1, -0.05) is 46.3 Å². The van der Waals surface area contributed by atoms with Crippen molar-refractivity contribution >= 4 is 44.6 Å². The van der Waals surface area contributed by atoms with Gasteiger partial charge in [0.2, 0.25) is 0 Å². The lowest BCUT2D eigenvalue weighted by molar-refractivity contribution is 0.309. The van der Waals surface area contributed by atoms with Crippen molar-refractivity contribution in [1.29, 1.82) is 0 Å². The molecular formula is C22H21BrFN3S2. The Kier molecular flexibility index (Phi) is 6.57. The monoisotopic (exact) mass is 489 g/mol. The van der Waals surface area contributed by atoms with Gasteiger partial charge in [0.15, 0.2) is 5.11 Å². The third-order valence-electron chi connectivity index (χ3n) is 5.16. The number of thiocarbonyl (C=S) groups is 1. The summed E-state index contributed by atoms with van der Waals surface area (Å²) in [7, 11) is 0. The van der Waals surface area contributed by atoms with Crippen molar-refractivity contribution < 1.29 is 4.39 Å². The highest BCUT2D eigenvalue weighted by Gasteiger charge is 2.24. The third kappa shape index (κ3) is 5.02.